The van der Waals surface area contributed by atoms with E-state index in [-0.39, 0.29) is 29.6 Å². The molecule has 0 aliphatic carbocycles. The van der Waals surface area contributed by atoms with Crippen LogP contribution < -0.4 is 10.6 Å². The van der Waals surface area contributed by atoms with Crippen LogP contribution >= 0.6 is 24.0 Å². The van der Waals surface area contributed by atoms with Gasteiger partial charge in [-0.05, 0) is 43.6 Å². The summed E-state index contributed by atoms with van der Waals surface area (Å²) >= 11 is 5.92. The van der Waals surface area contributed by atoms with E-state index in [9.17, 15) is 4.79 Å². The van der Waals surface area contributed by atoms with Crippen molar-refractivity contribution in [2.75, 3.05) is 19.6 Å². The molecule has 21 heavy (non-hydrogen) atoms. The number of hydrogen-bond donors (Lipinski definition) is 2. The van der Waals surface area contributed by atoms with Gasteiger partial charge in [0.25, 0.3) is 0 Å². The number of hydrogen-bond acceptors (Lipinski definition) is 2. The molecule has 0 spiro atoms. The number of benzene rings is 1. The Labute approximate surface area is 138 Å². The van der Waals surface area contributed by atoms with Gasteiger partial charge in [-0.1, -0.05) is 37.6 Å². The highest BCUT2D eigenvalue weighted by Crippen LogP contribution is 2.24. The number of nitrogens with one attached hydrogen (secondary N) is 2. The first-order chi connectivity index (χ1) is 9.49. The van der Waals surface area contributed by atoms with E-state index < -0.39 is 0 Å². The Hall–Kier alpha value is -0.770. The lowest BCUT2D eigenvalue weighted by atomic mass is 9.84. The van der Waals surface area contributed by atoms with Crippen LogP contribution in [-0.2, 0) is 10.2 Å². The Morgan fingerprint density at radius 2 is 1.86 bits per heavy atom. The number of rotatable bonds is 4. The first-order valence-electron chi connectivity index (χ1n) is 7.23. The second-order valence-electron chi connectivity index (χ2n) is 6.13. The second-order valence-corrected chi connectivity index (χ2v) is 6.57. The summed E-state index contributed by atoms with van der Waals surface area (Å²) in [4.78, 5) is 12.2. The molecule has 2 rings (SSSR count). The van der Waals surface area contributed by atoms with E-state index in [1.807, 2.05) is 24.3 Å². The van der Waals surface area contributed by atoms with Gasteiger partial charge in [0.15, 0.2) is 0 Å². The van der Waals surface area contributed by atoms with E-state index in [4.69, 9.17) is 11.6 Å². The molecule has 1 aromatic carbocycles. The summed E-state index contributed by atoms with van der Waals surface area (Å²) in [5, 5.41) is 7.13. The number of amides is 1. The highest BCUT2D eigenvalue weighted by atomic mass is 35.5. The monoisotopic (exact) mass is 330 g/mol. The Kier molecular flexibility index (Phi) is 6.98. The van der Waals surface area contributed by atoms with Gasteiger partial charge in [-0.3, -0.25) is 4.79 Å². The molecule has 1 aliphatic heterocycles. The summed E-state index contributed by atoms with van der Waals surface area (Å²) in [7, 11) is 0. The normalized spacial score (nSPS) is 16.1. The topological polar surface area (TPSA) is 41.1 Å². The maximum Gasteiger partial charge on any atom is 0.223 e. The molecule has 1 amide bonds. The third-order valence-corrected chi connectivity index (χ3v) is 4.29. The fraction of sp³-hybridized carbons (Fsp3) is 0.562. The molecule has 1 heterocycles. The van der Waals surface area contributed by atoms with E-state index in [0.717, 1.165) is 31.0 Å². The largest absolute Gasteiger partial charge is 0.355 e. The minimum Gasteiger partial charge on any atom is -0.355 e. The minimum atomic E-state index is -0.0901. The molecule has 1 aromatic rings. The van der Waals surface area contributed by atoms with Gasteiger partial charge >= 0.3 is 0 Å². The van der Waals surface area contributed by atoms with Crippen LogP contribution in [0.1, 0.15) is 32.3 Å². The lowest BCUT2D eigenvalue weighted by Gasteiger charge is -2.28. The van der Waals surface area contributed by atoms with Crippen LogP contribution in [0.3, 0.4) is 0 Å². The van der Waals surface area contributed by atoms with E-state index in [2.05, 4.69) is 24.5 Å². The van der Waals surface area contributed by atoms with Crippen molar-refractivity contribution >= 4 is 29.9 Å². The zero-order valence-electron chi connectivity index (χ0n) is 12.6. The van der Waals surface area contributed by atoms with Crippen LogP contribution in [0.4, 0.5) is 0 Å². The Morgan fingerprint density at radius 1 is 1.29 bits per heavy atom. The molecule has 0 atom stereocenters. The highest BCUT2D eigenvalue weighted by Gasteiger charge is 2.25. The molecular weight excluding hydrogens is 307 g/mol. The zero-order chi connectivity index (χ0) is 14.6. The van der Waals surface area contributed by atoms with E-state index in [0.29, 0.717) is 6.54 Å². The fourth-order valence-corrected chi connectivity index (χ4v) is 2.67. The molecule has 2 N–H and O–H groups in total. The predicted octanol–water partition coefficient (Wildman–Crippen LogP) is 3.16. The Bertz CT molecular complexity index is 454. The van der Waals surface area contributed by atoms with Crippen LogP contribution in [-0.4, -0.2) is 25.5 Å². The van der Waals surface area contributed by atoms with Gasteiger partial charge in [0.1, 0.15) is 0 Å². The van der Waals surface area contributed by atoms with Gasteiger partial charge in [-0.25, -0.2) is 0 Å². The summed E-state index contributed by atoms with van der Waals surface area (Å²) in [6.07, 6.45) is 1.88. The van der Waals surface area contributed by atoms with Crippen molar-refractivity contribution in [1.82, 2.24) is 10.6 Å². The smallest absolute Gasteiger partial charge is 0.223 e. The van der Waals surface area contributed by atoms with Crippen LogP contribution in [0.15, 0.2) is 24.3 Å². The van der Waals surface area contributed by atoms with Gasteiger partial charge < -0.3 is 10.6 Å². The van der Waals surface area contributed by atoms with Gasteiger partial charge in [-0.15, -0.1) is 12.4 Å². The van der Waals surface area contributed by atoms with Crippen molar-refractivity contribution in [3.8, 4) is 0 Å². The van der Waals surface area contributed by atoms with Crippen molar-refractivity contribution in [2.45, 2.75) is 32.1 Å². The lowest BCUT2D eigenvalue weighted by Crippen LogP contribution is -2.42. The molecule has 1 saturated heterocycles. The fourth-order valence-electron chi connectivity index (χ4n) is 2.54. The van der Waals surface area contributed by atoms with E-state index in [1.165, 1.54) is 5.56 Å². The quantitative estimate of drug-likeness (QED) is 0.890. The van der Waals surface area contributed by atoms with Crippen LogP contribution in [0, 0.1) is 5.92 Å². The van der Waals surface area contributed by atoms with Crippen molar-refractivity contribution in [3.05, 3.63) is 34.9 Å². The van der Waals surface area contributed by atoms with E-state index in [1.54, 1.807) is 0 Å². The Morgan fingerprint density at radius 3 is 2.43 bits per heavy atom. The van der Waals surface area contributed by atoms with Crippen molar-refractivity contribution < 1.29 is 4.79 Å². The number of piperidine rings is 1. The van der Waals surface area contributed by atoms with Crippen molar-refractivity contribution in [2.24, 2.45) is 5.92 Å². The summed E-state index contributed by atoms with van der Waals surface area (Å²) in [6.45, 7) is 6.81. The first-order valence-corrected chi connectivity index (χ1v) is 7.61. The Balaban J connectivity index is 0.00000220. The maximum absolute atomic E-state index is 12.2. The number of carbonyl (C=O) groups excluding carboxylic acids is 1. The second kappa shape index (κ2) is 8.02. The molecule has 0 saturated carbocycles. The van der Waals surface area contributed by atoms with Crippen molar-refractivity contribution in [3.63, 3.8) is 0 Å². The highest BCUT2D eigenvalue weighted by molar-refractivity contribution is 6.30. The molecule has 118 valence electrons. The van der Waals surface area contributed by atoms with Gasteiger partial charge in [0, 0.05) is 22.9 Å². The average Bonchev–Trinajstić information content (AvgIpc) is 2.46. The van der Waals surface area contributed by atoms with Crippen LogP contribution in [0.2, 0.25) is 5.02 Å². The van der Waals surface area contributed by atoms with Crippen molar-refractivity contribution in [1.29, 1.82) is 0 Å². The number of carbonyl (C=O) groups is 1. The standard InChI is InChI=1S/C16H23ClN2O.ClH/c1-16(2,13-3-5-14(17)6-4-13)11-19-15(20)12-7-9-18-10-8-12;/h3-6,12,18H,7-11H2,1-2H3,(H,19,20);1H. The van der Waals surface area contributed by atoms with Gasteiger partial charge in [0.2, 0.25) is 5.91 Å². The summed E-state index contributed by atoms with van der Waals surface area (Å²) in [6, 6.07) is 7.85. The summed E-state index contributed by atoms with van der Waals surface area (Å²) in [5.41, 5.74) is 1.10. The number of halogens is 2. The molecule has 0 radical (unpaired) electrons. The molecule has 3 nitrogen and oxygen atoms in total. The average molecular weight is 331 g/mol. The molecule has 1 fully saturated rings. The molecule has 1 aliphatic rings. The molecular formula is C16H24Cl2N2O. The SMILES string of the molecule is CC(C)(CNC(=O)C1CCNCC1)c1ccc(Cl)cc1.Cl. The summed E-state index contributed by atoms with van der Waals surface area (Å²) < 4.78 is 0. The lowest BCUT2D eigenvalue weighted by molar-refractivity contribution is -0.125. The van der Waals surface area contributed by atoms with Gasteiger partial charge in [0.05, 0.1) is 0 Å². The molecule has 0 aromatic heterocycles. The first kappa shape index (κ1) is 18.3. The maximum atomic E-state index is 12.2. The van der Waals surface area contributed by atoms with Gasteiger partial charge in [-0.2, -0.15) is 0 Å². The molecule has 5 heteroatoms. The molecule has 0 bridgehead atoms. The zero-order valence-corrected chi connectivity index (χ0v) is 14.2. The predicted molar refractivity (Wildman–Crippen MR) is 90.3 cm³/mol. The summed E-state index contributed by atoms with van der Waals surface area (Å²) in [5.74, 6) is 0.353. The third kappa shape index (κ3) is 5.17. The van der Waals surface area contributed by atoms with E-state index >= 15 is 0 Å². The molecule has 0 unspecified atom stereocenters. The minimum absolute atomic E-state index is 0. The van der Waals surface area contributed by atoms with Crippen LogP contribution in [0.5, 0.6) is 0 Å². The van der Waals surface area contributed by atoms with Crippen LogP contribution in [0.25, 0.3) is 0 Å². The third-order valence-electron chi connectivity index (χ3n) is 4.04.